The Kier molecular flexibility index (Phi) is 4.68. The van der Waals surface area contributed by atoms with E-state index in [2.05, 4.69) is 13.0 Å². The Morgan fingerprint density at radius 1 is 1.11 bits per heavy atom. The SMILES string of the molecule is CCCC1CC=C(c2ccc3c(c2)oc2c(F)c(C(F)(F)F)c(F)cc23)CC1. The highest BCUT2D eigenvalue weighted by Gasteiger charge is 2.39. The standard InChI is InChI=1S/C22H19F5O/c1-2-3-12-4-6-13(7-5-12)14-8-9-15-16-11-17(23)19(22(25,26)27)20(24)21(16)28-18(15)10-14/h6,8-12H,2-5,7H2,1H3. The zero-order valence-electron chi connectivity index (χ0n) is 15.3. The molecule has 0 radical (unpaired) electrons. The molecule has 1 unspecified atom stereocenters. The van der Waals surface area contributed by atoms with Gasteiger partial charge in [0.15, 0.2) is 11.4 Å². The zero-order valence-corrected chi connectivity index (χ0v) is 15.3. The number of hydrogen-bond donors (Lipinski definition) is 0. The molecule has 0 N–H and O–H groups in total. The number of halogens is 5. The summed E-state index contributed by atoms with van der Waals surface area (Å²) in [5.41, 5.74) is -0.185. The summed E-state index contributed by atoms with van der Waals surface area (Å²) in [5.74, 6) is -2.66. The molecule has 0 spiro atoms. The van der Waals surface area contributed by atoms with E-state index < -0.39 is 29.0 Å². The molecule has 1 aliphatic rings. The first-order valence-electron chi connectivity index (χ1n) is 9.40. The predicted octanol–water partition coefficient (Wildman–Crippen LogP) is 7.87. The van der Waals surface area contributed by atoms with E-state index in [0.717, 1.165) is 36.8 Å². The van der Waals surface area contributed by atoms with Crippen molar-refractivity contribution in [2.24, 2.45) is 5.92 Å². The van der Waals surface area contributed by atoms with Crippen molar-refractivity contribution in [1.29, 1.82) is 0 Å². The van der Waals surface area contributed by atoms with Crippen molar-refractivity contribution in [2.75, 3.05) is 0 Å². The van der Waals surface area contributed by atoms with Crippen molar-refractivity contribution < 1.29 is 26.4 Å². The smallest absolute Gasteiger partial charge is 0.422 e. The Hall–Kier alpha value is -2.37. The van der Waals surface area contributed by atoms with Crippen molar-refractivity contribution in [3.8, 4) is 0 Å². The average molecular weight is 394 g/mol. The van der Waals surface area contributed by atoms with Crippen LogP contribution in [0.4, 0.5) is 22.0 Å². The van der Waals surface area contributed by atoms with Crippen LogP contribution in [0.3, 0.4) is 0 Å². The summed E-state index contributed by atoms with van der Waals surface area (Å²) in [7, 11) is 0. The molecular weight excluding hydrogens is 375 g/mol. The first-order valence-corrected chi connectivity index (χ1v) is 9.40. The molecule has 1 aromatic heterocycles. The van der Waals surface area contributed by atoms with Crippen LogP contribution in [0.5, 0.6) is 0 Å². The summed E-state index contributed by atoms with van der Waals surface area (Å²) in [5, 5.41) is 0.399. The van der Waals surface area contributed by atoms with Crippen LogP contribution in [0.25, 0.3) is 27.5 Å². The third-order valence-corrected chi connectivity index (χ3v) is 5.53. The fraction of sp³-hybridized carbons (Fsp3) is 0.364. The van der Waals surface area contributed by atoms with Gasteiger partial charge in [0.25, 0.3) is 0 Å². The predicted molar refractivity (Wildman–Crippen MR) is 98.9 cm³/mol. The van der Waals surface area contributed by atoms with Crippen LogP contribution >= 0.6 is 0 Å². The molecule has 148 valence electrons. The lowest BCUT2D eigenvalue weighted by molar-refractivity contribution is -0.142. The normalized spacial score (nSPS) is 18.1. The minimum atomic E-state index is -5.13. The Morgan fingerprint density at radius 3 is 2.54 bits per heavy atom. The fourth-order valence-corrected chi connectivity index (χ4v) is 4.12. The largest absolute Gasteiger partial charge is 0.453 e. The minimum absolute atomic E-state index is 0.00480. The first kappa shape index (κ1) is 19.0. The van der Waals surface area contributed by atoms with Crippen LogP contribution in [-0.2, 0) is 6.18 Å². The van der Waals surface area contributed by atoms with Crippen molar-refractivity contribution in [1.82, 2.24) is 0 Å². The van der Waals surface area contributed by atoms with Gasteiger partial charge in [-0.05, 0) is 54.5 Å². The number of furan rings is 1. The maximum atomic E-state index is 14.4. The highest BCUT2D eigenvalue weighted by Crippen LogP contribution is 2.41. The number of rotatable bonds is 3. The molecular formula is C22H19F5O. The first-order chi connectivity index (χ1) is 13.3. The second-order valence-corrected chi connectivity index (χ2v) is 7.39. The lowest BCUT2D eigenvalue weighted by atomic mass is 9.84. The molecule has 4 rings (SSSR count). The Balaban J connectivity index is 1.79. The monoisotopic (exact) mass is 394 g/mol. The van der Waals surface area contributed by atoms with Gasteiger partial charge in [-0.15, -0.1) is 0 Å². The molecule has 0 amide bonds. The van der Waals surface area contributed by atoms with Crippen molar-refractivity contribution >= 4 is 27.5 Å². The summed E-state index contributed by atoms with van der Waals surface area (Å²) in [4.78, 5) is 0. The van der Waals surface area contributed by atoms with E-state index in [1.807, 2.05) is 6.07 Å². The summed E-state index contributed by atoms with van der Waals surface area (Å²) < 4.78 is 72.6. The zero-order chi connectivity index (χ0) is 20.1. The van der Waals surface area contributed by atoms with Gasteiger partial charge in [0.05, 0.1) is 0 Å². The maximum Gasteiger partial charge on any atom is 0.422 e. The molecule has 0 saturated heterocycles. The quantitative estimate of drug-likeness (QED) is 0.412. The van der Waals surface area contributed by atoms with Gasteiger partial charge in [-0.2, -0.15) is 13.2 Å². The second kappa shape index (κ2) is 6.90. The molecule has 1 nitrogen and oxygen atoms in total. The lowest BCUT2D eigenvalue weighted by Crippen LogP contribution is -2.11. The van der Waals surface area contributed by atoms with E-state index in [4.69, 9.17) is 4.42 Å². The van der Waals surface area contributed by atoms with Crippen LogP contribution in [-0.4, -0.2) is 0 Å². The highest BCUT2D eigenvalue weighted by atomic mass is 19.4. The van der Waals surface area contributed by atoms with Crippen molar-refractivity contribution in [2.45, 2.75) is 45.2 Å². The van der Waals surface area contributed by atoms with Gasteiger partial charge in [0.2, 0.25) is 0 Å². The highest BCUT2D eigenvalue weighted by molar-refractivity contribution is 6.06. The van der Waals surface area contributed by atoms with Gasteiger partial charge < -0.3 is 4.42 Å². The van der Waals surface area contributed by atoms with Crippen LogP contribution in [0.15, 0.2) is 34.8 Å². The number of benzene rings is 2. The molecule has 1 atom stereocenters. The van der Waals surface area contributed by atoms with E-state index in [1.54, 1.807) is 12.1 Å². The van der Waals surface area contributed by atoms with Gasteiger partial charge >= 0.3 is 6.18 Å². The molecule has 2 aromatic carbocycles. The summed E-state index contributed by atoms with van der Waals surface area (Å²) in [6, 6.07) is 5.88. The van der Waals surface area contributed by atoms with Crippen LogP contribution in [0.2, 0.25) is 0 Å². The van der Waals surface area contributed by atoms with E-state index in [1.165, 1.54) is 6.42 Å². The molecule has 3 aromatic rings. The molecule has 0 bridgehead atoms. The lowest BCUT2D eigenvalue weighted by Gasteiger charge is -2.21. The Labute approximate surface area is 158 Å². The van der Waals surface area contributed by atoms with Crippen LogP contribution in [0.1, 0.15) is 50.2 Å². The molecule has 6 heteroatoms. The number of hydrogen-bond acceptors (Lipinski definition) is 1. The maximum absolute atomic E-state index is 14.4. The Bertz CT molecular complexity index is 1070. The molecule has 1 aliphatic carbocycles. The summed E-state index contributed by atoms with van der Waals surface area (Å²) in [6.07, 6.45) is 2.41. The minimum Gasteiger partial charge on any atom is -0.453 e. The number of allylic oxidation sites excluding steroid dienone is 2. The van der Waals surface area contributed by atoms with E-state index in [9.17, 15) is 22.0 Å². The third kappa shape index (κ3) is 3.19. The van der Waals surface area contributed by atoms with E-state index >= 15 is 0 Å². The number of alkyl halides is 3. The molecule has 28 heavy (non-hydrogen) atoms. The molecule has 0 saturated carbocycles. The summed E-state index contributed by atoms with van der Waals surface area (Å²) in [6.45, 7) is 2.17. The molecule has 0 fully saturated rings. The molecule has 0 aliphatic heterocycles. The number of fused-ring (bicyclic) bond motifs is 3. The van der Waals surface area contributed by atoms with Crippen molar-refractivity contribution in [3.05, 3.63) is 53.1 Å². The van der Waals surface area contributed by atoms with Gasteiger partial charge in [0, 0.05) is 10.8 Å². The summed E-state index contributed by atoms with van der Waals surface area (Å²) >= 11 is 0. The second-order valence-electron chi connectivity index (χ2n) is 7.39. The molecule has 1 heterocycles. The van der Waals surface area contributed by atoms with Crippen LogP contribution in [0, 0.1) is 17.6 Å². The topological polar surface area (TPSA) is 13.1 Å². The average Bonchev–Trinajstić information content (AvgIpc) is 3.00. The van der Waals surface area contributed by atoms with Gasteiger partial charge in [-0.25, -0.2) is 8.78 Å². The van der Waals surface area contributed by atoms with E-state index in [0.29, 0.717) is 17.4 Å². The Morgan fingerprint density at radius 2 is 1.89 bits per heavy atom. The van der Waals surface area contributed by atoms with Crippen molar-refractivity contribution in [3.63, 3.8) is 0 Å². The fourth-order valence-electron chi connectivity index (χ4n) is 4.12. The van der Waals surface area contributed by atoms with E-state index in [-0.39, 0.29) is 11.0 Å². The van der Waals surface area contributed by atoms with Gasteiger partial charge in [-0.3, -0.25) is 0 Å². The van der Waals surface area contributed by atoms with Gasteiger partial charge in [0.1, 0.15) is 17.0 Å². The van der Waals surface area contributed by atoms with Crippen LogP contribution < -0.4 is 0 Å². The van der Waals surface area contributed by atoms with Gasteiger partial charge in [-0.1, -0.05) is 31.9 Å². The third-order valence-electron chi connectivity index (χ3n) is 5.53.